The van der Waals surface area contributed by atoms with E-state index in [9.17, 15) is 10.0 Å². The predicted molar refractivity (Wildman–Crippen MR) is 80.5 cm³/mol. The smallest absolute Gasteiger partial charge is 0.115 e. The van der Waals surface area contributed by atoms with Gasteiger partial charge in [0.25, 0.3) is 0 Å². The Morgan fingerprint density at radius 2 is 1.55 bits per heavy atom. The number of benzene rings is 3. The first kappa shape index (κ1) is 12.4. The quantitative estimate of drug-likeness (QED) is 0.708. The largest absolute Gasteiger partial charge is 0.508 e. The second-order valence-electron chi connectivity index (χ2n) is 4.65. The molecule has 0 spiro atoms. The maximum atomic E-state index is 10.5. The van der Waals surface area contributed by atoms with Crippen LogP contribution >= 0.6 is 0 Å². The van der Waals surface area contributed by atoms with Gasteiger partial charge in [0.05, 0.1) is 0 Å². The molecule has 0 saturated carbocycles. The fraction of sp³-hybridized carbons (Fsp3) is 0.0588. The first-order chi connectivity index (χ1) is 9.79. The minimum atomic E-state index is 0.177. The summed E-state index contributed by atoms with van der Waals surface area (Å²) in [6.45, 7) is 0.177. The number of phenols is 1. The van der Waals surface area contributed by atoms with E-state index >= 15 is 0 Å². The topological polar surface area (TPSA) is 49.7 Å². The number of hydrogen-bond donors (Lipinski definition) is 1. The minimum Gasteiger partial charge on any atom is -0.508 e. The lowest BCUT2D eigenvalue weighted by molar-refractivity contribution is 0.475. The first-order valence-electron chi connectivity index (χ1n) is 6.39. The molecule has 0 aliphatic rings. The molecule has 0 unspecified atom stereocenters. The van der Waals surface area contributed by atoms with E-state index in [0.29, 0.717) is 0 Å². The molecule has 0 heterocycles. The fourth-order valence-corrected chi connectivity index (χ4v) is 2.46. The highest BCUT2D eigenvalue weighted by atomic mass is 16.3. The molecule has 0 aliphatic heterocycles. The van der Waals surface area contributed by atoms with Gasteiger partial charge in [-0.15, -0.1) is 0 Å². The van der Waals surface area contributed by atoms with Crippen molar-refractivity contribution in [3.63, 3.8) is 0 Å². The SMILES string of the molecule is O=NCc1ccc(-c2ccc(O)cc2)c2ccccc12. The monoisotopic (exact) mass is 263 g/mol. The van der Waals surface area contributed by atoms with Gasteiger partial charge in [0.15, 0.2) is 0 Å². The molecule has 20 heavy (non-hydrogen) atoms. The van der Waals surface area contributed by atoms with Crippen LogP contribution in [0, 0.1) is 4.91 Å². The zero-order valence-electron chi connectivity index (χ0n) is 10.8. The van der Waals surface area contributed by atoms with Crippen molar-refractivity contribution in [3.05, 3.63) is 71.1 Å². The van der Waals surface area contributed by atoms with Crippen LogP contribution in [0.4, 0.5) is 0 Å². The summed E-state index contributed by atoms with van der Waals surface area (Å²) in [5.74, 6) is 0.250. The van der Waals surface area contributed by atoms with Gasteiger partial charge < -0.3 is 5.11 Å². The molecule has 0 aromatic heterocycles. The number of rotatable bonds is 3. The van der Waals surface area contributed by atoms with E-state index in [1.54, 1.807) is 12.1 Å². The molecule has 3 heteroatoms. The summed E-state index contributed by atoms with van der Waals surface area (Å²) in [7, 11) is 0. The highest BCUT2D eigenvalue weighted by Crippen LogP contribution is 2.31. The number of aromatic hydroxyl groups is 1. The Morgan fingerprint density at radius 1 is 0.850 bits per heavy atom. The second-order valence-corrected chi connectivity index (χ2v) is 4.65. The highest BCUT2D eigenvalue weighted by molar-refractivity contribution is 5.98. The Kier molecular flexibility index (Phi) is 3.17. The van der Waals surface area contributed by atoms with Crippen LogP contribution < -0.4 is 0 Å². The van der Waals surface area contributed by atoms with Crippen molar-refractivity contribution in [2.45, 2.75) is 6.54 Å². The Hall–Kier alpha value is -2.68. The number of fused-ring (bicyclic) bond motifs is 1. The van der Waals surface area contributed by atoms with Gasteiger partial charge in [0.1, 0.15) is 12.3 Å². The average Bonchev–Trinajstić information content (AvgIpc) is 2.49. The second kappa shape index (κ2) is 5.13. The summed E-state index contributed by atoms with van der Waals surface area (Å²) < 4.78 is 0. The first-order valence-corrected chi connectivity index (χ1v) is 6.39. The molecule has 0 fully saturated rings. The van der Waals surface area contributed by atoms with Crippen molar-refractivity contribution >= 4 is 10.8 Å². The molecule has 0 bridgehead atoms. The van der Waals surface area contributed by atoms with Crippen molar-refractivity contribution < 1.29 is 5.11 Å². The van der Waals surface area contributed by atoms with Crippen molar-refractivity contribution in [2.24, 2.45) is 5.18 Å². The molecule has 98 valence electrons. The molecule has 3 rings (SSSR count). The minimum absolute atomic E-state index is 0.177. The van der Waals surface area contributed by atoms with E-state index in [4.69, 9.17) is 0 Å². The average molecular weight is 263 g/mol. The predicted octanol–water partition coefficient (Wildman–Crippen LogP) is 4.48. The third-order valence-electron chi connectivity index (χ3n) is 3.43. The summed E-state index contributed by atoms with van der Waals surface area (Å²) in [5, 5.41) is 14.5. The molecule has 3 nitrogen and oxygen atoms in total. The molecule has 1 N–H and O–H groups in total. The molecule has 3 aromatic carbocycles. The van der Waals surface area contributed by atoms with Crippen LogP contribution in [0.15, 0.2) is 65.8 Å². The van der Waals surface area contributed by atoms with Crippen LogP contribution in [0.5, 0.6) is 5.75 Å². The van der Waals surface area contributed by atoms with Crippen LogP contribution in [0.25, 0.3) is 21.9 Å². The maximum absolute atomic E-state index is 10.5. The van der Waals surface area contributed by atoms with Crippen LogP contribution in [0.2, 0.25) is 0 Å². The number of nitrogens with zero attached hydrogens (tertiary/aromatic N) is 1. The van der Waals surface area contributed by atoms with Gasteiger partial charge in [0.2, 0.25) is 0 Å². The third kappa shape index (κ3) is 2.14. The van der Waals surface area contributed by atoms with Crippen molar-refractivity contribution in [1.29, 1.82) is 0 Å². The highest BCUT2D eigenvalue weighted by Gasteiger charge is 2.07. The zero-order valence-corrected chi connectivity index (χ0v) is 10.8. The summed E-state index contributed by atoms with van der Waals surface area (Å²) in [5.41, 5.74) is 3.04. The standard InChI is InChI=1S/C17H13NO2/c19-14-8-5-12(6-9-14)16-10-7-13(11-18-20)15-3-1-2-4-17(15)16/h1-10,19H,11H2. The summed E-state index contributed by atoms with van der Waals surface area (Å²) in [6.07, 6.45) is 0. The lowest BCUT2D eigenvalue weighted by atomic mass is 9.95. The van der Waals surface area contributed by atoms with Crippen molar-refractivity contribution in [1.82, 2.24) is 0 Å². The summed E-state index contributed by atoms with van der Waals surface area (Å²) >= 11 is 0. The number of hydrogen-bond acceptors (Lipinski definition) is 3. The zero-order chi connectivity index (χ0) is 13.9. The van der Waals surface area contributed by atoms with E-state index < -0.39 is 0 Å². The molecular formula is C17H13NO2. The van der Waals surface area contributed by atoms with Gasteiger partial charge in [-0.05, 0) is 39.6 Å². The lowest BCUT2D eigenvalue weighted by Crippen LogP contribution is -1.87. The van der Waals surface area contributed by atoms with Crippen molar-refractivity contribution in [3.8, 4) is 16.9 Å². The van der Waals surface area contributed by atoms with Gasteiger partial charge in [-0.25, -0.2) is 0 Å². The molecule has 0 radical (unpaired) electrons. The number of phenolic OH excluding ortho intramolecular Hbond substituents is 1. The molecule has 0 saturated heterocycles. The van der Waals surface area contributed by atoms with E-state index in [2.05, 4.69) is 5.18 Å². The van der Waals surface area contributed by atoms with Crippen LogP contribution in [0.3, 0.4) is 0 Å². The fourth-order valence-electron chi connectivity index (χ4n) is 2.46. The summed E-state index contributed by atoms with van der Waals surface area (Å²) in [4.78, 5) is 10.5. The third-order valence-corrected chi connectivity index (χ3v) is 3.43. The maximum Gasteiger partial charge on any atom is 0.115 e. The van der Waals surface area contributed by atoms with Gasteiger partial charge in [-0.3, -0.25) is 0 Å². The molecule has 3 aromatic rings. The Balaban J connectivity index is 2.24. The van der Waals surface area contributed by atoms with Gasteiger partial charge in [0, 0.05) is 0 Å². The van der Waals surface area contributed by atoms with Gasteiger partial charge in [-0.2, -0.15) is 4.91 Å². The lowest BCUT2D eigenvalue weighted by Gasteiger charge is -2.10. The molecule has 0 aliphatic carbocycles. The van der Waals surface area contributed by atoms with Crippen LogP contribution in [-0.2, 0) is 6.54 Å². The van der Waals surface area contributed by atoms with Gasteiger partial charge in [-0.1, -0.05) is 53.7 Å². The molecule has 0 atom stereocenters. The Labute approximate surface area is 116 Å². The van der Waals surface area contributed by atoms with E-state index in [0.717, 1.165) is 27.5 Å². The molecular weight excluding hydrogens is 250 g/mol. The van der Waals surface area contributed by atoms with Crippen molar-refractivity contribution in [2.75, 3.05) is 0 Å². The summed E-state index contributed by atoms with van der Waals surface area (Å²) in [6, 6.07) is 19.0. The normalized spacial score (nSPS) is 10.6. The van der Waals surface area contributed by atoms with Crippen LogP contribution in [0.1, 0.15) is 5.56 Å². The van der Waals surface area contributed by atoms with E-state index in [1.807, 2.05) is 48.5 Å². The Bertz CT molecular complexity index is 764. The van der Waals surface area contributed by atoms with Gasteiger partial charge >= 0.3 is 0 Å². The van der Waals surface area contributed by atoms with E-state index in [-0.39, 0.29) is 12.3 Å². The van der Waals surface area contributed by atoms with E-state index in [1.165, 1.54) is 0 Å². The van der Waals surface area contributed by atoms with Crippen LogP contribution in [-0.4, -0.2) is 5.11 Å². The number of nitroso groups, excluding NO2 is 1. The Morgan fingerprint density at radius 3 is 2.25 bits per heavy atom. The molecule has 0 amide bonds.